The normalized spacial score (nSPS) is 11.6. The first-order chi connectivity index (χ1) is 14.7. The molecule has 0 saturated carbocycles. The van der Waals surface area contributed by atoms with Crippen LogP contribution in [0, 0.1) is 0 Å². The van der Waals surface area contributed by atoms with Crippen LogP contribution in [-0.4, -0.2) is 16.0 Å². The van der Waals surface area contributed by atoms with Crippen molar-refractivity contribution in [2.24, 2.45) is 0 Å². The smallest absolute Gasteiger partial charge is 0.267 e. The van der Waals surface area contributed by atoms with Gasteiger partial charge in [-0.3, -0.25) is 4.79 Å². The Hall–Kier alpha value is -3.93. The Kier molecular flexibility index (Phi) is 5.85. The average Bonchev–Trinajstić information content (AvgIpc) is 3.30. The van der Waals surface area contributed by atoms with E-state index in [2.05, 4.69) is 15.5 Å². The van der Waals surface area contributed by atoms with E-state index in [1.54, 1.807) is 25.1 Å². The molecular formula is C24H21N3O3. The number of amides is 1. The van der Waals surface area contributed by atoms with E-state index < -0.39 is 6.10 Å². The Labute approximate surface area is 174 Å². The number of nitrogens with one attached hydrogen (secondary N) is 1. The van der Waals surface area contributed by atoms with Crippen molar-refractivity contribution in [2.75, 3.05) is 0 Å². The van der Waals surface area contributed by atoms with Gasteiger partial charge >= 0.3 is 0 Å². The van der Waals surface area contributed by atoms with Crippen LogP contribution in [0.5, 0.6) is 5.75 Å². The van der Waals surface area contributed by atoms with Crippen molar-refractivity contribution in [1.29, 1.82) is 0 Å². The summed E-state index contributed by atoms with van der Waals surface area (Å²) in [5, 5.41) is 6.95. The Bertz CT molecular complexity index is 1110. The van der Waals surface area contributed by atoms with E-state index in [0.717, 1.165) is 11.1 Å². The molecule has 6 heteroatoms. The fourth-order valence-electron chi connectivity index (χ4n) is 2.98. The van der Waals surface area contributed by atoms with E-state index in [4.69, 9.17) is 9.26 Å². The van der Waals surface area contributed by atoms with E-state index in [1.165, 1.54) is 0 Å². The van der Waals surface area contributed by atoms with Crippen LogP contribution >= 0.6 is 0 Å². The molecule has 0 unspecified atom stereocenters. The van der Waals surface area contributed by atoms with Gasteiger partial charge in [-0.15, -0.1) is 0 Å². The highest BCUT2D eigenvalue weighted by molar-refractivity contribution is 5.96. The highest BCUT2D eigenvalue weighted by Gasteiger charge is 2.20. The second-order valence-corrected chi connectivity index (χ2v) is 6.75. The summed E-state index contributed by atoms with van der Waals surface area (Å²) in [5.41, 5.74) is 2.33. The molecule has 1 amide bonds. The van der Waals surface area contributed by atoms with Crippen LogP contribution in [0.15, 0.2) is 89.5 Å². The number of para-hydroxylation sites is 1. The molecule has 0 fully saturated rings. The lowest BCUT2D eigenvalue weighted by Gasteiger charge is -2.14. The fraction of sp³-hybridized carbons (Fsp3) is 0.125. The number of carbonyl (C=O) groups excluding carboxylic acids is 1. The van der Waals surface area contributed by atoms with Crippen LogP contribution in [0.25, 0.3) is 11.4 Å². The third-order valence-electron chi connectivity index (χ3n) is 4.55. The van der Waals surface area contributed by atoms with Gasteiger partial charge in [-0.2, -0.15) is 4.98 Å². The van der Waals surface area contributed by atoms with E-state index in [9.17, 15) is 4.79 Å². The molecule has 4 rings (SSSR count). The molecule has 3 aromatic carbocycles. The SMILES string of the molecule is C[C@H](Oc1ccccc1C(=O)NCc1ccccc1)c1nc(-c2ccccc2)no1. The number of hydrogen-bond acceptors (Lipinski definition) is 5. The van der Waals surface area contributed by atoms with Crippen LogP contribution in [0.4, 0.5) is 0 Å². The highest BCUT2D eigenvalue weighted by Crippen LogP contribution is 2.26. The fourth-order valence-corrected chi connectivity index (χ4v) is 2.98. The lowest BCUT2D eigenvalue weighted by Crippen LogP contribution is -2.23. The van der Waals surface area contributed by atoms with Gasteiger partial charge in [-0.05, 0) is 24.6 Å². The summed E-state index contributed by atoms with van der Waals surface area (Å²) < 4.78 is 11.4. The second kappa shape index (κ2) is 9.05. The number of ether oxygens (including phenoxy) is 1. The van der Waals surface area contributed by atoms with Crippen LogP contribution in [0.1, 0.15) is 34.8 Å². The van der Waals surface area contributed by atoms with Crippen molar-refractivity contribution in [3.05, 3.63) is 102 Å². The number of aromatic nitrogens is 2. The molecule has 0 saturated heterocycles. The molecule has 150 valence electrons. The van der Waals surface area contributed by atoms with Crippen molar-refractivity contribution >= 4 is 5.91 Å². The first-order valence-corrected chi connectivity index (χ1v) is 9.67. The van der Waals surface area contributed by atoms with Crippen molar-refractivity contribution < 1.29 is 14.1 Å². The highest BCUT2D eigenvalue weighted by atomic mass is 16.5. The maximum absolute atomic E-state index is 12.7. The molecule has 1 aromatic heterocycles. The van der Waals surface area contributed by atoms with Crippen molar-refractivity contribution in [2.45, 2.75) is 19.6 Å². The van der Waals surface area contributed by atoms with Crippen molar-refractivity contribution in [1.82, 2.24) is 15.5 Å². The lowest BCUT2D eigenvalue weighted by atomic mass is 10.1. The van der Waals surface area contributed by atoms with Crippen LogP contribution in [-0.2, 0) is 6.54 Å². The van der Waals surface area contributed by atoms with E-state index in [1.807, 2.05) is 66.7 Å². The maximum Gasteiger partial charge on any atom is 0.267 e. The molecule has 30 heavy (non-hydrogen) atoms. The second-order valence-electron chi connectivity index (χ2n) is 6.75. The maximum atomic E-state index is 12.7. The van der Waals surface area contributed by atoms with Gasteiger partial charge in [0, 0.05) is 12.1 Å². The predicted molar refractivity (Wildman–Crippen MR) is 113 cm³/mol. The average molecular weight is 399 g/mol. The Morgan fingerprint density at radius 2 is 1.63 bits per heavy atom. The first kappa shape index (κ1) is 19.4. The molecule has 4 aromatic rings. The minimum atomic E-state index is -0.516. The molecule has 1 N–H and O–H groups in total. The standard InChI is InChI=1S/C24H21N3O3/c1-17(24-26-22(27-30-24)19-12-6-3-7-13-19)29-21-15-9-8-14-20(21)23(28)25-16-18-10-4-2-5-11-18/h2-15,17H,16H2,1H3,(H,25,28)/t17-/m0/s1. The van der Waals surface area contributed by atoms with Gasteiger partial charge in [0.25, 0.3) is 11.8 Å². The molecular weight excluding hydrogens is 378 g/mol. The number of carbonyl (C=O) groups is 1. The number of rotatable bonds is 7. The molecule has 0 radical (unpaired) electrons. The van der Waals surface area contributed by atoms with Gasteiger partial charge in [-0.1, -0.05) is 78.0 Å². The molecule has 0 spiro atoms. The zero-order valence-corrected chi connectivity index (χ0v) is 16.5. The number of benzene rings is 3. The molecule has 0 aliphatic heterocycles. The van der Waals surface area contributed by atoms with E-state index >= 15 is 0 Å². The van der Waals surface area contributed by atoms with Gasteiger partial charge in [-0.25, -0.2) is 0 Å². The summed E-state index contributed by atoms with van der Waals surface area (Å²) in [5.74, 6) is 1.08. The molecule has 0 aliphatic carbocycles. The minimum Gasteiger partial charge on any atom is -0.480 e. The Balaban J connectivity index is 1.46. The summed E-state index contributed by atoms with van der Waals surface area (Å²) in [6.07, 6.45) is -0.516. The monoisotopic (exact) mass is 399 g/mol. The molecule has 1 heterocycles. The van der Waals surface area contributed by atoms with Gasteiger partial charge in [0.15, 0.2) is 6.10 Å². The minimum absolute atomic E-state index is 0.211. The zero-order chi connectivity index (χ0) is 20.8. The zero-order valence-electron chi connectivity index (χ0n) is 16.5. The number of nitrogens with zero attached hydrogens (tertiary/aromatic N) is 2. The largest absolute Gasteiger partial charge is 0.480 e. The van der Waals surface area contributed by atoms with Crippen LogP contribution in [0.3, 0.4) is 0 Å². The van der Waals surface area contributed by atoms with E-state index in [0.29, 0.717) is 29.6 Å². The summed E-state index contributed by atoms with van der Waals surface area (Å²) in [7, 11) is 0. The van der Waals surface area contributed by atoms with Crippen molar-refractivity contribution in [3.8, 4) is 17.1 Å². The summed E-state index contributed by atoms with van der Waals surface area (Å²) >= 11 is 0. The summed E-state index contributed by atoms with van der Waals surface area (Å²) in [6.45, 7) is 2.24. The third-order valence-corrected chi connectivity index (χ3v) is 4.55. The quantitative estimate of drug-likeness (QED) is 0.483. The van der Waals surface area contributed by atoms with Crippen molar-refractivity contribution in [3.63, 3.8) is 0 Å². The molecule has 1 atom stereocenters. The summed E-state index contributed by atoms with van der Waals surface area (Å²) in [6, 6.07) is 26.4. The first-order valence-electron chi connectivity index (χ1n) is 9.67. The lowest BCUT2D eigenvalue weighted by molar-refractivity contribution is 0.0941. The summed E-state index contributed by atoms with van der Waals surface area (Å²) in [4.78, 5) is 17.1. The van der Waals surface area contributed by atoms with Crippen LogP contribution in [0.2, 0.25) is 0 Å². The molecule has 6 nitrogen and oxygen atoms in total. The van der Waals surface area contributed by atoms with Crippen LogP contribution < -0.4 is 10.1 Å². The Morgan fingerprint density at radius 1 is 0.967 bits per heavy atom. The predicted octanol–water partition coefficient (Wildman–Crippen LogP) is 4.81. The topological polar surface area (TPSA) is 77.2 Å². The van der Waals surface area contributed by atoms with Gasteiger partial charge in [0.2, 0.25) is 5.82 Å². The molecule has 0 aliphatic rings. The molecule has 0 bridgehead atoms. The third kappa shape index (κ3) is 4.55. The van der Waals surface area contributed by atoms with Gasteiger partial charge in [0.05, 0.1) is 5.56 Å². The van der Waals surface area contributed by atoms with Gasteiger partial charge in [0.1, 0.15) is 5.75 Å². The Morgan fingerprint density at radius 3 is 2.40 bits per heavy atom. The van der Waals surface area contributed by atoms with E-state index in [-0.39, 0.29) is 5.91 Å². The number of hydrogen-bond donors (Lipinski definition) is 1. The van der Waals surface area contributed by atoms with Gasteiger partial charge < -0.3 is 14.6 Å².